The second-order valence-corrected chi connectivity index (χ2v) is 5.71. The predicted molar refractivity (Wildman–Crippen MR) is 93.6 cm³/mol. The lowest BCUT2D eigenvalue weighted by molar-refractivity contribution is 0.622. The maximum atomic E-state index is 14.2. The Kier molecular flexibility index (Phi) is 5.37. The molecule has 0 fully saturated rings. The highest BCUT2D eigenvalue weighted by Gasteiger charge is 2.13. The van der Waals surface area contributed by atoms with Crippen molar-refractivity contribution in [2.24, 2.45) is 0 Å². The van der Waals surface area contributed by atoms with Gasteiger partial charge in [0.2, 0.25) is 0 Å². The van der Waals surface area contributed by atoms with E-state index in [-0.39, 0.29) is 5.82 Å². The van der Waals surface area contributed by atoms with Gasteiger partial charge in [-0.2, -0.15) is 0 Å². The van der Waals surface area contributed by atoms with Crippen molar-refractivity contribution in [1.29, 1.82) is 0 Å². The predicted octanol–water partition coefficient (Wildman–Crippen LogP) is 5.58. The fraction of sp³-hybridized carbons (Fsp3) is 0.300. The minimum Gasteiger partial charge on any atom is -0.344 e. The molecule has 0 bridgehead atoms. The van der Waals surface area contributed by atoms with Crippen molar-refractivity contribution in [2.75, 3.05) is 11.9 Å². The van der Waals surface area contributed by atoms with Gasteiger partial charge in [0.05, 0.1) is 0 Å². The average molecular weight is 297 g/mol. The Hall–Kier alpha value is -2.09. The summed E-state index contributed by atoms with van der Waals surface area (Å²) >= 11 is 0. The van der Waals surface area contributed by atoms with Crippen LogP contribution in [0.1, 0.15) is 36.5 Å². The van der Waals surface area contributed by atoms with Crippen molar-refractivity contribution in [3.63, 3.8) is 0 Å². The van der Waals surface area contributed by atoms with Crippen LogP contribution in [0, 0.1) is 12.7 Å². The summed E-state index contributed by atoms with van der Waals surface area (Å²) in [6.45, 7) is 8.32. The van der Waals surface area contributed by atoms with Gasteiger partial charge >= 0.3 is 0 Å². The van der Waals surface area contributed by atoms with E-state index in [2.05, 4.69) is 13.5 Å². The highest BCUT2D eigenvalue weighted by Crippen LogP contribution is 2.28. The van der Waals surface area contributed by atoms with Gasteiger partial charge in [-0.25, -0.2) is 4.39 Å². The Labute approximate surface area is 133 Å². The second-order valence-electron chi connectivity index (χ2n) is 5.71. The molecule has 2 rings (SSSR count). The minimum atomic E-state index is -0.217. The number of benzene rings is 2. The molecule has 0 radical (unpaired) electrons. The van der Waals surface area contributed by atoms with E-state index in [9.17, 15) is 4.39 Å². The number of halogens is 1. The number of nitrogens with zero attached hydrogens (tertiary/aromatic N) is 1. The molecule has 0 aromatic heterocycles. The molecule has 0 aliphatic heterocycles. The minimum absolute atomic E-state index is 0.217. The molecule has 1 nitrogen and oxygen atoms in total. The van der Waals surface area contributed by atoms with Crippen LogP contribution in [0.3, 0.4) is 0 Å². The SMILES string of the molecule is C=C(c1cc(CCCC)ccc1F)N(C)c1ccccc1C. The van der Waals surface area contributed by atoms with Gasteiger partial charge in [0.25, 0.3) is 0 Å². The molecule has 0 aliphatic rings. The zero-order valence-electron chi connectivity index (χ0n) is 13.7. The summed E-state index contributed by atoms with van der Waals surface area (Å²) < 4.78 is 14.2. The van der Waals surface area contributed by atoms with Crippen LogP contribution in [0.2, 0.25) is 0 Å². The highest BCUT2D eigenvalue weighted by atomic mass is 19.1. The monoisotopic (exact) mass is 297 g/mol. The lowest BCUT2D eigenvalue weighted by atomic mass is 10.0. The molecule has 22 heavy (non-hydrogen) atoms. The van der Waals surface area contributed by atoms with E-state index >= 15 is 0 Å². The molecule has 0 heterocycles. The van der Waals surface area contributed by atoms with Crippen molar-refractivity contribution in [2.45, 2.75) is 33.1 Å². The van der Waals surface area contributed by atoms with E-state index in [1.807, 2.05) is 55.3 Å². The van der Waals surface area contributed by atoms with Crippen molar-refractivity contribution in [3.05, 3.63) is 71.6 Å². The molecule has 0 N–H and O–H groups in total. The lowest BCUT2D eigenvalue weighted by Gasteiger charge is -2.24. The number of anilines is 1. The fourth-order valence-electron chi connectivity index (χ4n) is 2.60. The number of unbranched alkanes of at least 4 members (excludes halogenated alkanes) is 1. The largest absolute Gasteiger partial charge is 0.344 e. The van der Waals surface area contributed by atoms with Gasteiger partial charge < -0.3 is 4.90 Å². The smallest absolute Gasteiger partial charge is 0.132 e. The molecule has 0 spiro atoms. The maximum Gasteiger partial charge on any atom is 0.132 e. The van der Waals surface area contributed by atoms with Crippen LogP contribution in [0.4, 0.5) is 10.1 Å². The fourth-order valence-corrected chi connectivity index (χ4v) is 2.60. The van der Waals surface area contributed by atoms with Crippen molar-refractivity contribution < 1.29 is 4.39 Å². The molecule has 0 aliphatic carbocycles. The van der Waals surface area contributed by atoms with E-state index in [1.165, 1.54) is 0 Å². The molecular weight excluding hydrogens is 273 g/mol. The zero-order valence-corrected chi connectivity index (χ0v) is 13.7. The molecule has 0 saturated carbocycles. The Balaban J connectivity index is 2.30. The van der Waals surface area contributed by atoms with Crippen molar-refractivity contribution in [1.82, 2.24) is 0 Å². The standard InChI is InChI=1S/C20H24FN/c1-5-6-10-17-12-13-19(21)18(14-17)16(3)22(4)20-11-8-7-9-15(20)2/h7-9,11-14H,3,5-6,10H2,1-2,4H3. The summed E-state index contributed by atoms with van der Waals surface area (Å²) in [4.78, 5) is 1.96. The number of rotatable bonds is 6. The summed E-state index contributed by atoms with van der Waals surface area (Å²) in [7, 11) is 1.93. The average Bonchev–Trinajstić information content (AvgIpc) is 2.53. The maximum absolute atomic E-state index is 14.2. The Morgan fingerprint density at radius 1 is 1.18 bits per heavy atom. The van der Waals surface area contributed by atoms with Gasteiger partial charge in [-0.3, -0.25) is 0 Å². The Bertz CT molecular complexity index is 661. The van der Waals surface area contributed by atoms with Crippen LogP contribution in [0.25, 0.3) is 5.70 Å². The Morgan fingerprint density at radius 2 is 1.91 bits per heavy atom. The normalized spacial score (nSPS) is 10.5. The van der Waals surface area contributed by atoms with Crippen LogP contribution < -0.4 is 4.90 Å². The lowest BCUT2D eigenvalue weighted by Crippen LogP contribution is -2.16. The molecule has 0 saturated heterocycles. The zero-order chi connectivity index (χ0) is 16.1. The third-order valence-electron chi connectivity index (χ3n) is 4.04. The Morgan fingerprint density at radius 3 is 2.59 bits per heavy atom. The number of aryl methyl sites for hydroxylation is 2. The molecule has 2 heteroatoms. The van der Waals surface area contributed by atoms with Crippen LogP contribution in [0.5, 0.6) is 0 Å². The van der Waals surface area contributed by atoms with E-state index in [1.54, 1.807) is 6.07 Å². The van der Waals surface area contributed by atoms with Crippen LogP contribution >= 0.6 is 0 Å². The molecule has 0 unspecified atom stereocenters. The quantitative estimate of drug-likeness (QED) is 0.672. The van der Waals surface area contributed by atoms with E-state index in [4.69, 9.17) is 0 Å². The second kappa shape index (κ2) is 7.26. The van der Waals surface area contributed by atoms with Gasteiger partial charge in [-0.1, -0.05) is 44.2 Å². The van der Waals surface area contributed by atoms with Crippen LogP contribution in [0.15, 0.2) is 49.0 Å². The first-order valence-corrected chi connectivity index (χ1v) is 7.81. The molecule has 0 amide bonds. The van der Waals surface area contributed by atoms with Gasteiger partial charge in [-0.15, -0.1) is 0 Å². The summed E-state index contributed by atoms with van der Waals surface area (Å²) in [5.74, 6) is -0.217. The van der Waals surface area contributed by atoms with Gasteiger partial charge in [0, 0.05) is 24.0 Å². The van der Waals surface area contributed by atoms with Gasteiger partial charge in [0.1, 0.15) is 5.82 Å². The van der Waals surface area contributed by atoms with Crippen LogP contribution in [-0.4, -0.2) is 7.05 Å². The number of hydrogen-bond acceptors (Lipinski definition) is 1. The third-order valence-corrected chi connectivity index (χ3v) is 4.04. The van der Waals surface area contributed by atoms with E-state index in [0.717, 1.165) is 36.1 Å². The summed E-state index contributed by atoms with van der Waals surface area (Å²) in [6, 6.07) is 13.4. The van der Waals surface area contributed by atoms with Crippen LogP contribution in [-0.2, 0) is 6.42 Å². The molecule has 116 valence electrons. The first-order chi connectivity index (χ1) is 10.5. The van der Waals surface area contributed by atoms with Crippen molar-refractivity contribution in [3.8, 4) is 0 Å². The van der Waals surface area contributed by atoms with Gasteiger partial charge in [0.15, 0.2) is 0 Å². The third kappa shape index (κ3) is 3.56. The number of para-hydroxylation sites is 1. The molecular formula is C20H24FN. The summed E-state index contributed by atoms with van der Waals surface area (Å²) in [5, 5.41) is 0. The molecule has 0 atom stereocenters. The van der Waals surface area contributed by atoms with E-state index < -0.39 is 0 Å². The van der Waals surface area contributed by atoms with Gasteiger partial charge in [-0.05, 0) is 49.1 Å². The first-order valence-electron chi connectivity index (χ1n) is 7.81. The summed E-state index contributed by atoms with van der Waals surface area (Å²) in [5.41, 5.74) is 4.63. The summed E-state index contributed by atoms with van der Waals surface area (Å²) in [6.07, 6.45) is 3.23. The topological polar surface area (TPSA) is 3.24 Å². The molecule has 2 aromatic carbocycles. The highest BCUT2D eigenvalue weighted by molar-refractivity contribution is 5.79. The first kappa shape index (κ1) is 16.3. The van der Waals surface area contributed by atoms with Crippen molar-refractivity contribution >= 4 is 11.4 Å². The number of hydrogen-bond donors (Lipinski definition) is 0. The molecule has 2 aromatic rings. The van der Waals surface area contributed by atoms with E-state index in [0.29, 0.717) is 11.3 Å².